The minimum absolute atomic E-state index is 0.151. The Morgan fingerprint density at radius 3 is 2.80 bits per heavy atom. The average Bonchev–Trinajstić information content (AvgIpc) is 2.82. The van der Waals surface area contributed by atoms with E-state index in [0.29, 0.717) is 17.3 Å². The number of aryl methyl sites for hydroxylation is 1. The minimum Gasteiger partial charge on any atom is -0.477 e. The third kappa shape index (κ3) is 3.34. The molecule has 2 rings (SSSR count). The largest absolute Gasteiger partial charge is 0.477 e. The van der Waals surface area contributed by atoms with Crippen LogP contribution in [0.25, 0.3) is 0 Å². The van der Waals surface area contributed by atoms with Crippen LogP contribution in [0.1, 0.15) is 52.6 Å². The minimum atomic E-state index is -0.986. The lowest BCUT2D eigenvalue weighted by Gasteiger charge is -2.23. The highest BCUT2D eigenvalue weighted by atomic mass is 32.1. The molecule has 2 N–H and O–H groups in total. The van der Waals surface area contributed by atoms with E-state index in [0.717, 1.165) is 30.6 Å². The Bertz CT molecular complexity index is 508. The fraction of sp³-hybridized carbons (Fsp3) is 0.615. The topological polar surface area (TPSA) is 88.5 Å². The van der Waals surface area contributed by atoms with Crippen LogP contribution in [0.4, 0.5) is 0 Å². The summed E-state index contributed by atoms with van der Waals surface area (Å²) in [5.41, 5.74) is 0.479. The van der Waals surface area contributed by atoms with Crippen molar-refractivity contribution >= 4 is 23.2 Å². The molecule has 110 valence electrons. The highest BCUT2D eigenvalue weighted by Gasteiger charge is 2.25. The van der Waals surface area contributed by atoms with Crippen molar-refractivity contribution in [3.63, 3.8) is 0 Å². The summed E-state index contributed by atoms with van der Waals surface area (Å²) in [5.74, 6) is -1.14. The molecule has 1 saturated heterocycles. The molecule has 1 aliphatic rings. The molecular weight excluding hydrogens is 280 g/mol. The number of carboxylic acids is 1. The zero-order chi connectivity index (χ0) is 14.7. The van der Waals surface area contributed by atoms with Crippen molar-refractivity contribution in [3.05, 3.63) is 15.6 Å². The summed E-state index contributed by atoms with van der Waals surface area (Å²) in [6.45, 7) is 4.07. The molecule has 0 spiro atoms. The number of rotatable bonds is 4. The third-order valence-corrected chi connectivity index (χ3v) is 4.54. The van der Waals surface area contributed by atoms with Gasteiger partial charge in [-0.25, -0.2) is 9.78 Å². The van der Waals surface area contributed by atoms with E-state index < -0.39 is 12.1 Å². The normalized spacial score (nSPS) is 20.4. The van der Waals surface area contributed by atoms with Gasteiger partial charge in [0.25, 0.3) is 0 Å². The lowest BCUT2D eigenvalue weighted by atomic mass is 10.1. The number of aromatic nitrogens is 1. The second-order valence-electron chi connectivity index (χ2n) is 4.86. The molecule has 1 aliphatic heterocycles. The Balaban J connectivity index is 2.00. The predicted octanol–water partition coefficient (Wildman–Crippen LogP) is 1.90. The molecule has 0 bridgehead atoms. The second-order valence-corrected chi connectivity index (χ2v) is 5.89. The Morgan fingerprint density at radius 2 is 2.25 bits per heavy atom. The molecule has 20 heavy (non-hydrogen) atoms. The Labute approximate surface area is 121 Å². The highest BCUT2D eigenvalue weighted by molar-refractivity contribution is 7.13. The molecule has 0 aromatic carbocycles. The van der Waals surface area contributed by atoms with Crippen LogP contribution in [0.15, 0.2) is 0 Å². The Morgan fingerprint density at radius 1 is 1.50 bits per heavy atom. The Hall–Kier alpha value is -1.47. The molecular formula is C13H18N2O4S. The zero-order valence-corrected chi connectivity index (χ0v) is 12.3. The van der Waals surface area contributed by atoms with Gasteiger partial charge in [0.15, 0.2) is 0 Å². The molecule has 1 fully saturated rings. The first-order valence-corrected chi connectivity index (χ1v) is 7.43. The number of carboxylic acid groups (broad SMARTS) is 1. The molecule has 2 unspecified atom stereocenters. The van der Waals surface area contributed by atoms with Crippen molar-refractivity contribution in [2.24, 2.45) is 0 Å². The molecule has 2 heterocycles. The number of nitrogens with zero attached hydrogens (tertiary/aromatic N) is 1. The van der Waals surface area contributed by atoms with Crippen molar-refractivity contribution in [2.75, 3.05) is 6.61 Å². The van der Waals surface area contributed by atoms with Gasteiger partial charge in [0.2, 0.25) is 5.91 Å². The summed E-state index contributed by atoms with van der Waals surface area (Å²) in [5, 5.41) is 12.4. The van der Waals surface area contributed by atoms with Gasteiger partial charge in [-0.2, -0.15) is 0 Å². The summed E-state index contributed by atoms with van der Waals surface area (Å²) in [4.78, 5) is 27.5. The maximum Gasteiger partial charge on any atom is 0.347 e. The van der Waals surface area contributed by atoms with Gasteiger partial charge in [-0.3, -0.25) is 4.79 Å². The summed E-state index contributed by atoms with van der Waals surface area (Å²) in [6.07, 6.45) is 2.32. The van der Waals surface area contributed by atoms with Crippen LogP contribution < -0.4 is 5.32 Å². The van der Waals surface area contributed by atoms with E-state index >= 15 is 0 Å². The SMILES string of the molecule is Cc1nc(C(C)NC(=O)C2CCCCO2)sc1C(=O)O. The number of thiazole rings is 1. The summed E-state index contributed by atoms with van der Waals surface area (Å²) < 4.78 is 5.42. The van der Waals surface area contributed by atoms with Crippen LogP contribution in [0.2, 0.25) is 0 Å². The number of aromatic carboxylic acids is 1. The fourth-order valence-corrected chi connectivity index (χ4v) is 3.02. The smallest absolute Gasteiger partial charge is 0.347 e. The van der Waals surface area contributed by atoms with Crippen LogP contribution in [0.3, 0.4) is 0 Å². The van der Waals surface area contributed by atoms with Gasteiger partial charge in [0.05, 0.1) is 11.7 Å². The fourth-order valence-electron chi connectivity index (χ4n) is 2.12. The molecule has 6 nitrogen and oxygen atoms in total. The maximum absolute atomic E-state index is 12.0. The lowest BCUT2D eigenvalue weighted by molar-refractivity contribution is -0.136. The number of hydrogen-bond donors (Lipinski definition) is 2. The molecule has 7 heteroatoms. The van der Waals surface area contributed by atoms with E-state index in [9.17, 15) is 9.59 Å². The zero-order valence-electron chi connectivity index (χ0n) is 11.5. The van der Waals surface area contributed by atoms with Crippen LogP contribution in [-0.2, 0) is 9.53 Å². The van der Waals surface area contributed by atoms with E-state index in [1.807, 2.05) is 0 Å². The van der Waals surface area contributed by atoms with Crippen molar-refractivity contribution in [2.45, 2.75) is 45.3 Å². The number of carbonyl (C=O) groups is 2. The van der Waals surface area contributed by atoms with Crippen molar-refractivity contribution in [3.8, 4) is 0 Å². The highest BCUT2D eigenvalue weighted by Crippen LogP contribution is 2.24. The van der Waals surface area contributed by atoms with Crippen molar-refractivity contribution < 1.29 is 19.4 Å². The number of carbonyl (C=O) groups excluding carboxylic acids is 1. The van der Waals surface area contributed by atoms with Gasteiger partial charge in [-0.05, 0) is 33.1 Å². The van der Waals surface area contributed by atoms with E-state index in [4.69, 9.17) is 9.84 Å². The first-order chi connectivity index (χ1) is 9.49. The number of amides is 1. The van der Waals surface area contributed by atoms with Crippen LogP contribution >= 0.6 is 11.3 Å². The third-order valence-electron chi connectivity index (χ3n) is 3.21. The molecule has 0 saturated carbocycles. The second kappa shape index (κ2) is 6.32. The average molecular weight is 298 g/mol. The van der Waals surface area contributed by atoms with Crippen LogP contribution in [0.5, 0.6) is 0 Å². The number of hydrogen-bond acceptors (Lipinski definition) is 5. The summed E-state index contributed by atoms with van der Waals surface area (Å²) in [6, 6.07) is -0.315. The first kappa shape index (κ1) is 14.9. The molecule has 0 aliphatic carbocycles. The summed E-state index contributed by atoms with van der Waals surface area (Å²) >= 11 is 1.10. The number of ether oxygens (including phenoxy) is 1. The summed E-state index contributed by atoms with van der Waals surface area (Å²) in [7, 11) is 0. The first-order valence-electron chi connectivity index (χ1n) is 6.61. The number of nitrogens with one attached hydrogen (secondary N) is 1. The van der Waals surface area contributed by atoms with Gasteiger partial charge in [0.1, 0.15) is 16.0 Å². The van der Waals surface area contributed by atoms with Crippen LogP contribution in [-0.4, -0.2) is 34.7 Å². The van der Waals surface area contributed by atoms with E-state index in [1.165, 1.54) is 0 Å². The van der Waals surface area contributed by atoms with Gasteiger partial charge in [-0.1, -0.05) is 0 Å². The van der Waals surface area contributed by atoms with Gasteiger partial charge < -0.3 is 15.2 Å². The predicted molar refractivity (Wildman–Crippen MR) is 74.0 cm³/mol. The van der Waals surface area contributed by atoms with E-state index in [1.54, 1.807) is 13.8 Å². The molecule has 1 amide bonds. The van der Waals surface area contributed by atoms with Gasteiger partial charge in [0, 0.05) is 6.61 Å². The van der Waals surface area contributed by atoms with Gasteiger partial charge >= 0.3 is 5.97 Å². The quantitative estimate of drug-likeness (QED) is 0.886. The van der Waals surface area contributed by atoms with Gasteiger partial charge in [-0.15, -0.1) is 11.3 Å². The standard InChI is InChI=1S/C13H18N2O4S/c1-7-10(13(17)18)20-12(15-7)8(2)14-11(16)9-5-3-4-6-19-9/h8-9H,3-6H2,1-2H3,(H,14,16)(H,17,18). The van der Waals surface area contributed by atoms with E-state index in [2.05, 4.69) is 10.3 Å². The molecule has 1 aromatic heterocycles. The van der Waals surface area contributed by atoms with Crippen molar-refractivity contribution in [1.82, 2.24) is 10.3 Å². The molecule has 0 radical (unpaired) electrons. The maximum atomic E-state index is 12.0. The monoisotopic (exact) mass is 298 g/mol. The molecule has 1 aromatic rings. The van der Waals surface area contributed by atoms with E-state index in [-0.39, 0.29) is 16.8 Å². The van der Waals surface area contributed by atoms with Crippen LogP contribution in [0, 0.1) is 6.92 Å². The molecule has 2 atom stereocenters. The Kier molecular flexibility index (Phi) is 4.72. The van der Waals surface area contributed by atoms with Crippen molar-refractivity contribution in [1.29, 1.82) is 0 Å². The lowest BCUT2D eigenvalue weighted by Crippen LogP contribution is -2.39.